The van der Waals surface area contributed by atoms with Crippen LogP contribution in [-0.4, -0.2) is 39.0 Å². The fourth-order valence-corrected chi connectivity index (χ4v) is 2.22. The van der Waals surface area contributed by atoms with Gasteiger partial charge in [-0.2, -0.15) is 0 Å². The Hall–Kier alpha value is -0.120. The van der Waals surface area contributed by atoms with E-state index in [0.717, 1.165) is 32.2 Å². The van der Waals surface area contributed by atoms with Crippen LogP contribution < -0.4 is 5.32 Å². The number of nitrogens with one attached hydrogen (secondary N) is 1. The van der Waals surface area contributed by atoms with E-state index in [9.17, 15) is 0 Å². The fraction of sp³-hybridized carbons (Fsp3) is 1.00. The molecule has 0 aromatic rings. The lowest BCUT2D eigenvalue weighted by atomic mass is 9.97. The Labute approximate surface area is 86.2 Å². The van der Waals surface area contributed by atoms with Gasteiger partial charge in [-0.1, -0.05) is 0 Å². The maximum atomic E-state index is 5.75. The van der Waals surface area contributed by atoms with Crippen LogP contribution in [0.2, 0.25) is 0 Å². The number of ether oxygens (including phenoxy) is 2. The van der Waals surface area contributed by atoms with Crippen LogP contribution in [0.1, 0.15) is 25.7 Å². The first-order chi connectivity index (χ1) is 6.95. The molecule has 0 aliphatic carbocycles. The minimum absolute atomic E-state index is 0.381. The van der Waals surface area contributed by atoms with E-state index in [4.69, 9.17) is 9.47 Å². The molecule has 2 saturated heterocycles. The Balaban J connectivity index is 1.52. The average molecular weight is 199 g/mol. The molecule has 0 aromatic carbocycles. The molecule has 2 rings (SSSR count). The van der Waals surface area contributed by atoms with E-state index in [1.165, 1.54) is 32.4 Å². The molecule has 3 nitrogen and oxygen atoms in total. The number of rotatable bonds is 4. The van der Waals surface area contributed by atoms with Gasteiger partial charge in [-0.3, -0.25) is 0 Å². The predicted octanol–water partition coefficient (Wildman–Crippen LogP) is 1.18. The van der Waals surface area contributed by atoms with Crippen molar-refractivity contribution in [1.82, 2.24) is 5.32 Å². The molecule has 1 N–H and O–H groups in total. The zero-order chi connectivity index (χ0) is 9.64. The van der Waals surface area contributed by atoms with Crippen LogP contribution >= 0.6 is 0 Å². The van der Waals surface area contributed by atoms with E-state index in [-0.39, 0.29) is 0 Å². The summed E-state index contributed by atoms with van der Waals surface area (Å²) in [7, 11) is 0. The highest BCUT2D eigenvalue weighted by Gasteiger charge is 2.17. The summed E-state index contributed by atoms with van der Waals surface area (Å²) in [6.07, 6.45) is 5.38. The summed E-state index contributed by atoms with van der Waals surface area (Å²) in [6, 6.07) is 0. The quantitative estimate of drug-likeness (QED) is 0.737. The van der Waals surface area contributed by atoms with Gasteiger partial charge in [0.15, 0.2) is 0 Å². The Morgan fingerprint density at radius 3 is 3.07 bits per heavy atom. The molecule has 2 atom stereocenters. The van der Waals surface area contributed by atoms with Gasteiger partial charge in [0.05, 0.1) is 12.7 Å². The summed E-state index contributed by atoms with van der Waals surface area (Å²) in [5.41, 5.74) is 0. The van der Waals surface area contributed by atoms with Crippen molar-refractivity contribution in [2.75, 3.05) is 32.9 Å². The summed E-state index contributed by atoms with van der Waals surface area (Å²) in [4.78, 5) is 0. The summed E-state index contributed by atoms with van der Waals surface area (Å²) in [5, 5.41) is 3.43. The van der Waals surface area contributed by atoms with Crippen LogP contribution in [0.15, 0.2) is 0 Å². The van der Waals surface area contributed by atoms with Crippen molar-refractivity contribution in [3.63, 3.8) is 0 Å². The Morgan fingerprint density at radius 2 is 2.36 bits per heavy atom. The third kappa shape index (κ3) is 3.23. The second kappa shape index (κ2) is 5.69. The lowest BCUT2D eigenvalue weighted by Gasteiger charge is -2.23. The molecule has 0 radical (unpaired) electrons. The number of hydrogen-bond acceptors (Lipinski definition) is 3. The van der Waals surface area contributed by atoms with E-state index in [1.54, 1.807) is 0 Å². The van der Waals surface area contributed by atoms with E-state index in [2.05, 4.69) is 5.32 Å². The van der Waals surface area contributed by atoms with Gasteiger partial charge in [0.25, 0.3) is 0 Å². The maximum absolute atomic E-state index is 5.75. The molecule has 0 aromatic heterocycles. The van der Waals surface area contributed by atoms with E-state index >= 15 is 0 Å². The second-order valence-corrected chi connectivity index (χ2v) is 4.36. The molecule has 0 bridgehead atoms. The third-order valence-electron chi connectivity index (χ3n) is 3.17. The molecule has 0 amide bonds. The van der Waals surface area contributed by atoms with Gasteiger partial charge in [0.1, 0.15) is 0 Å². The van der Waals surface area contributed by atoms with Crippen LogP contribution in [0.5, 0.6) is 0 Å². The standard InChI is InChI=1S/C11H21NO2/c1-2-10(8-12-5-1)3-7-14-11-4-6-13-9-11/h10-12H,1-9H2. The van der Waals surface area contributed by atoms with Crippen LogP contribution in [0.3, 0.4) is 0 Å². The van der Waals surface area contributed by atoms with Crippen molar-refractivity contribution in [2.24, 2.45) is 5.92 Å². The molecule has 0 spiro atoms. The van der Waals surface area contributed by atoms with E-state index in [1.807, 2.05) is 0 Å². The molecular formula is C11H21NO2. The predicted molar refractivity (Wildman–Crippen MR) is 55.4 cm³/mol. The van der Waals surface area contributed by atoms with Crippen molar-refractivity contribution in [3.05, 3.63) is 0 Å². The van der Waals surface area contributed by atoms with Gasteiger partial charge >= 0.3 is 0 Å². The lowest BCUT2D eigenvalue weighted by molar-refractivity contribution is 0.0340. The summed E-state index contributed by atoms with van der Waals surface area (Å²) >= 11 is 0. The van der Waals surface area contributed by atoms with Gasteiger partial charge < -0.3 is 14.8 Å². The molecule has 3 heteroatoms. The first kappa shape index (κ1) is 10.4. The van der Waals surface area contributed by atoms with Crippen molar-refractivity contribution in [2.45, 2.75) is 31.8 Å². The van der Waals surface area contributed by atoms with Gasteiger partial charge in [0, 0.05) is 13.2 Å². The number of piperidine rings is 1. The van der Waals surface area contributed by atoms with Gasteiger partial charge in [0.2, 0.25) is 0 Å². The maximum Gasteiger partial charge on any atom is 0.0830 e. The molecule has 2 heterocycles. The van der Waals surface area contributed by atoms with Crippen LogP contribution in [0, 0.1) is 5.92 Å². The van der Waals surface area contributed by atoms with Crippen LogP contribution in [0.25, 0.3) is 0 Å². The smallest absolute Gasteiger partial charge is 0.0830 e. The minimum atomic E-state index is 0.381. The van der Waals surface area contributed by atoms with Crippen molar-refractivity contribution >= 4 is 0 Å². The summed E-state index contributed by atoms with van der Waals surface area (Å²) in [5.74, 6) is 0.839. The van der Waals surface area contributed by atoms with Crippen LogP contribution in [-0.2, 0) is 9.47 Å². The first-order valence-electron chi connectivity index (χ1n) is 5.85. The number of hydrogen-bond donors (Lipinski definition) is 1. The topological polar surface area (TPSA) is 30.5 Å². The fourth-order valence-electron chi connectivity index (χ4n) is 2.22. The highest BCUT2D eigenvalue weighted by molar-refractivity contribution is 4.69. The summed E-state index contributed by atoms with van der Waals surface area (Å²) < 4.78 is 11.0. The lowest BCUT2D eigenvalue weighted by Crippen LogP contribution is -2.30. The molecule has 2 aliphatic rings. The normalized spacial score (nSPS) is 33.4. The van der Waals surface area contributed by atoms with E-state index < -0.39 is 0 Å². The monoisotopic (exact) mass is 199 g/mol. The average Bonchev–Trinajstić information content (AvgIpc) is 2.72. The molecule has 82 valence electrons. The van der Waals surface area contributed by atoms with Crippen molar-refractivity contribution < 1.29 is 9.47 Å². The van der Waals surface area contributed by atoms with Crippen LogP contribution in [0.4, 0.5) is 0 Å². The van der Waals surface area contributed by atoms with Crippen molar-refractivity contribution in [3.8, 4) is 0 Å². The Kier molecular flexibility index (Phi) is 4.22. The molecule has 2 fully saturated rings. The van der Waals surface area contributed by atoms with Gasteiger partial charge in [-0.25, -0.2) is 0 Å². The molecule has 14 heavy (non-hydrogen) atoms. The van der Waals surface area contributed by atoms with Gasteiger partial charge in [-0.05, 0) is 44.7 Å². The molecule has 2 unspecified atom stereocenters. The second-order valence-electron chi connectivity index (χ2n) is 4.36. The van der Waals surface area contributed by atoms with Crippen molar-refractivity contribution in [1.29, 1.82) is 0 Å². The zero-order valence-corrected chi connectivity index (χ0v) is 8.84. The SMILES string of the molecule is C1CNCC(CCOC2CCOC2)C1. The Morgan fingerprint density at radius 1 is 1.36 bits per heavy atom. The molecular weight excluding hydrogens is 178 g/mol. The largest absolute Gasteiger partial charge is 0.379 e. The zero-order valence-electron chi connectivity index (χ0n) is 8.84. The third-order valence-corrected chi connectivity index (χ3v) is 3.17. The molecule has 2 aliphatic heterocycles. The Bertz CT molecular complexity index is 151. The highest BCUT2D eigenvalue weighted by atomic mass is 16.5. The highest BCUT2D eigenvalue weighted by Crippen LogP contribution is 2.15. The summed E-state index contributed by atoms with van der Waals surface area (Å²) in [6.45, 7) is 5.00. The molecule has 0 saturated carbocycles. The van der Waals surface area contributed by atoms with E-state index in [0.29, 0.717) is 6.10 Å². The minimum Gasteiger partial charge on any atom is -0.379 e. The van der Waals surface area contributed by atoms with Gasteiger partial charge in [-0.15, -0.1) is 0 Å². The first-order valence-corrected chi connectivity index (χ1v) is 5.85.